The van der Waals surface area contributed by atoms with Gasteiger partial charge in [-0.05, 0) is 44.6 Å². The molecule has 0 aromatic carbocycles. The summed E-state index contributed by atoms with van der Waals surface area (Å²) in [6.45, 7) is 3.71. The van der Waals surface area contributed by atoms with Crippen molar-refractivity contribution in [3.05, 3.63) is 0 Å². The van der Waals surface area contributed by atoms with Crippen molar-refractivity contribution >= 4 is 5.97 Å². The first-order valence-electron chi connectivity index (χ1n) is 6.34. The molecular weight excluding hydrogens is 204 g/mol. The smallest absolute Gasteiger partial charge is 0.325 e. The molecule has 1 heterocycles. The SMILES string of the molecule is CCC1CCCN1CC(N)(C(=O)O)C1CC1. The van der Waals surface area contributed by atoms with Crippen molar-refractivity contribution in [3.63, 3.8) is 0 Å². The molecule has 0 amide bonds. The summed E-state index contributed by atoms with van der Waals surface area (Å²) < 4.78 is 0. The van der Waals surface area contributed by atoms with Gasteiger partial charge in [-0.3, -0.25) is 9.69 Å². The number of aliphatic carboxylic acids is 1. The van der Waals surface area contributed by atoms with Crippen molar-refractivity contribution in [3.8, 4) is 0 Å². The summed E-state index contributed by atoms with van der Waals surface area (Å²) in [5.41, 5.74) is 5.10. The van der Waals surface area contributed by atoms with E-state index in [4.69, 9.17) is 5.73 Å². The molecule has 0 aromatic heterocycles. The second-order valence-electron chi connectivity index (χ2n) is 5.29. The van der Waals surface area contributed by atoms with Crippen molar-refractivity contribution in [1.29, 1.82) is 0 Å². The zero-order valence-electron chi connectivity index (χ0n) is 9.98. The second-order valence-corrected chi connectivity index (χ2v) is 5.29. The standard InChI is InChI=1S/C12H22N2O2/c1-2-10-4-3-7-14(10)8-12(13,11(15)16)9-5-6-9/h9-10H,2-8,13H2,1H3,(H,15,16). The van der Waals surface area contributed by atoms with Gasteiger partial charge in [-0.15, -0.1) is 0 Å². The predicted octanol–water partition coefficient (Wildman–Crippen LogP) is 1.05. The molecule has 1 aliphatic carbocycles. The average molecular weight is 226 g/mol. The average Bonchev–Trinajstić information content (AvgIpc) is 3.01. The maximum atomic E-state index is 11.3. The molecule has 2 atom stereocenters. The zero-order valence-corrected chi connectivity index (χ0v) is 9.98. The van der Waals surface area contributed by atoms with Crippen LogP contribution in [-0.4, -0.2) is 40.6 Å². The third-order valence-electron chi connectivity index (χ3n) is 4.14. The Morgan fingerprint density at radius 1 is 1.50 bits per heavy atom. The minimum absolute atomic E-state index is 0.197. The Labute approximate surface area is 96.8 Å². The fourth-order valence-corrected chi connectivity index (χ4v) is 2.87. The molecule has 2 rings (SSSR count). The lowest BCUT2D eigenvalue weighted by molar-refractivity contribution is -0.145. The molecular formula is C12H22N2O2. The van der Waals surface area contributed by atoms with Crippen molar-refractivity contribution in [2.75, 3.05) is 13.1 Å². The molecule has 1 saturated heterocycles. The Morgan fingerprint density at radius 3 is 2.69 bits per heavy atom. The highest BCUT2D eigenvalue weighted by Gasteiger charge is 2.50. The van der Waals surface area contributed by atoms with Gasteiger partial charge in [0.15, 0.2) is 0 Å². The molecule has 4 nitrogen and oxygen atoms in total. The van der Waals surface area contributed by atoms with E-state index >= 15 is 0 Å². The molecule has 2 unspecified atom stereocenters. The summed E-state index contributed by atoms with van der Waals surface area (Å²) in [6.07, 6.45) is 5.43. The van der Waals surface area contributed by atoms with Crippen LogP contribution in [0.2, 0.25) is 0 Å². The van der Waals surface area contributed by atoms with E-state index in [9.17, 15) is 9.90 Å². The number of carboxylic acid groups (broad SMARTS) is 1. The monoisotopic (exact) mass is 226 g/mol. The van der Waals surface area contributed by atoms with Gasteiger partial charge >= 0.3 is 5.97 Å². The first-order chi connectivity index (χ1) is 7.58. The molecule has 0 aromatic rings. The molecule has 4 heteroatoms. The zero-order chi connectivity index (χ0) is 11.8. The lowest BCUT2D eigenvalue weighted by atomic mass is 9.93. The van der Waals surface area contributed by atoms with Crippen molar-refractivity contribution in [2.24, 2.45) is 11.7 Å². The quantitative estimate of drug-likeness (QED) is 0.735. The molecule has 2 aliphatic rings. The van der Waals surface area contributed by atoms with Crippen molar-refractivity contribution in [2.45, 2.75) is 50.6 Å². The van der Waals surface area contributed by atoms with E-state index in [0.717, 1.165) is 25.8 Å². The number of hydrogen-bond acceptors (Lipinski definition) is 3. The molecule has 2 fully saturated rings. The maximum Gasteiger partial charge on any atom is 0.325 e. The Hall–Kier alpha value is -0.610. The summed E-state index contributed by atoms with van der Waals surface area (Å²) in [4.78, 5) is 13.6. The van der Waals surface area contributed by atoms with E-state index < -0.39 is 11.5 Å². The normalized spacial score (nSPS) is 30.2. The summed E-state index contributed by atoms with van der Waals surface area (Å²) in [5, 5.41) is 9.31. The van der Waals surface area contributed by atoms with Gasteiger partial charge in [0.1, 0.15) is 5.54 Å². The number of carbonyl (C=O) groups is 1. The van der Waals surface area contributed by atoms with Crippen LogP contribution in [0.3, 0.4) is 0 Å². The fourth-order valence-electron chi connectivity index (χ4n) is 2.87. The van der Waals surface area contributed by atoms with Crippen molar-refractivity contribution < 1.29 is 9.90 Å². The minimum atomic E-state index is -1.00. The molecule has 0 spiro atoms. The number of hydrogen-bond donors (Lipinski definition) is 2. The molecule has 92 valence electrons. The lowest BCUT2D eigenvalue weighted by Crippen LogP contribution is -2.58. The van der Waals surface area contributed by atoms with Gasteiger partial charge in [0, 0.05) is 12.6 Å². The van der Waals surface area contributed by atoms with Crippen LogP contribution in [0.25, 0.3) is 0 Å². The van der Waals surface area contributed by atoms with Crippen LogP contribution < -0.4 is 5.73 Å². The molecule has 1 aliphatic heterocycles. The van der Waals surface area contributed by atoms with Crippen molar-refractivity contribution in [1.82, 2.24) is 4.90 Å². The Morgan fingerprint density at radius 2 is 2.19 bits per heavy atom. The number of nitrogens with two attached hydrogens (primary N) is 1. The number of likely N-dealkylation sites (tertiary alicyclic amines) is 1. The van der Waals surface area contributed by atoms with Crippen LogP contribution in [0.4, 0.5) is 0 Å². The van der Waals surface area contributed by atoms with Crippen LogP contribution >= 0.6 is 0 Å². The summed E-state index contributed by atoms with van der Waals surface area (Å²) >= 11 is 0. The minimum Gasteiger partial charge on any atom is -0.480 e. The second kappa shape index (κ2) is 4.34. The van der Waals surface area contributed by atoms with E-state index in [1.54, 1.807) is 0 Å². The Kier molecular flexibility index (Phi) is 3.22. The molecule has 0 bridgehead atoms. The van der Waals surface area contributed by atoms with Gasteiger partial charge in [0.25, 0.3) is 0 Å². The highest BCUT2D eigenvalue weighted by atomic mass is 16.4. The maximum absolute atomic E-state index is 11.3. The first kappa shape index (κ1) is 11.9. The van der Waals surface area contributed by atoms with Crippen LogP contribution in [0, 0.1) is 5.92 Å². The first-order valence-corrected chi connectivity index (χ1v) is 6.34. The third kappa shape index (κ3) is 2.09. The van der Waals surface area contributed by atoms with Crippen LogP contribution in [0.5, 0.6) is 0 Å². The number of rotatable bonds is 5. The molecule has 1 saturated carbocycles. The van der Waals surface area contributed by atoms with E-state index in [-0.39, 0.29) is 5.92 Å². The molecule has 3 N–H and O–H groups in total. The van der Waals surface area contributed by atoms with Gasteiger partial charge in [-0.1, -0.05) is 6.92 Å². The third-order valence-corrected chi connectivity index (χ3v) is 4.14. The summed E-state index contributed by atoms with van der Waals surface area (Å²) in [6, 6.07) is 0.543. The Balaban J connectivity index is 2.02. The van der Waals surface area contributed by atoms with E-state index in [1.165, 1.54) is 12.8 Å². The van der Waals surface area contributed by atoms with Crippen LogP contribution in [0.1, 0.15) is 39.0 Å². The van der Waals surface area contributed by atoms with Gasteiger partial charge in [0.05, 0.1) is 0 Å². The summed E-state index contributed by atoms with van der Waals surface area (Å²) in [7, 11) is 0. The van der Waals surface area contributed by atoms with Gasteiger partial charge < -0.3 is 10.8 Å². The van der Waals surface area contributed by atoms with E-state index in [0.29, 0.717) is 12.6 Å². The molecule has 16 heavy (non-hydrogen) atoms. The number of nitrogens with zero attached hydrogens (tertiary/aromatic N) is 1. The number of carboxylic acids is 1. The van der Waals surface area contributed by atoms with Crippen LogP contribution in [0.15, 0.2) is 0 Å². The van der Waals surface area contributed by atoms with E-state index in [1.807, 2.05) is 0 Å². The lowest BCUT2D eigenvalue weighted by Gasteiger charge is -2.33. The van der Waals surface area contributed by atoms with Gasteiger partial charge in [0.2, 0.25) is 0 Å². The Bertz CT molecular complexity index is 278. The highest BCUT2D eigenvalue weighted by Crippen LogP contribution is 2.39. The predicted molar refractivity (Wildman–Crippen MR) is 62.2 cm³/mol. The van der Waals surface area contributed by atoms with E-state index in [2.05, 4.69) is 11.8 Å². The molecule has 0 radical (unpaired) electrons. The fraction of sp³-hybridized carbons (Fsp3) is 0.917. The largest absolute Gasteiger partial charge is 0.480 e. The van der Waals surface area contributed by atoms with Crippen LogP contribution in [-0.2, 0) is 4.79 Å². The highest BCUT2D eigenvalue weighted by molar-refractivity contribution is 5.79. The van der Waals surface area contributed by atoms with Gasteiger partial charge in [-0.25, -0.2) is 0 Å². The topological polar surface area (TPSA) is 66.6 Å². The van der Waals surface area contributed by atoms with Gasteiger partial charge in [-0.2, -0.15) is 0 Å². The summed E-state index contributed by atoms with van der Waals surface area (Å²) in [5.74, 6) is -0.625.